The van der Waals surface area contributed by atoms with Crippen molar-refractivity contribution < 1.29 is 9.53 Å². The van der Waals surface area contributed by atoms with Crippen molar-refractivity contribution in [2.75, 3.05) is 11.1 Å². The molecule has 3 aromatic rings. The normalized spacial score (nSPS) is 13.8. The number of carbonyl (C=O) groups excluding carboxylic acids is 1. The van der Waals surface area contributed by atoms with Crippen LogP contribution in [-0.2, 0) is 24.2 Å². The molecule has 1 unspecified atom stereocenters. The van der Waals surface area contributed by atoms with Crippen molar-refractivity contribution in [1.82, 2.24) is 14.8 Å². The third-order valence-electron chi connectivity index (χ3n) is 5.98. The lowest BCUT2D eigenvalue weighted by Gasteiger charge is -2.17. The predicted molar refractivity (Wildman–Crippen MR) is 145 cm³/mol. The molecule has 7 nitrogen and oxygen atoms in total. The van der Waals surface area contributed by atoms with Crippen molar-refractivity contribution >= 4 is 45.6 Å². The van der Waals surface area contributed by atoms with Crippen LogP contribution in [0.15, 0.2) is 36.0 Å². The number of allylic oxidation sites excluding steroid dienone is 1. The maximum absolute atomic E-state index is 12.8. The molecule has 1 aromatic carbocycles. The molecule has 0 fully saturated rings. The summed E-state index contributed by atoms with van der Waals surface area (Å²) in [6, 6.07) is 7.78. The lowest BCUT2D eigenvalue weighted by molar-refractivity contribution is -0.113. The number of rotatable bonds is 9. The standard InChI is InChI=1S/C26H28ClN5O2S2/c1-4-12-32-24(17(3)34-21-11-10-18(27)13-16(21)2)30-31-26(32)35-15-23(33)29-25-20(14-28)19-8-6-5-7-9-22(19)36-25/h4,10-11,13,17H,1,5-9,12,15H2,2-3H3,(H,29,33). The van der Waals surface area contributed by atoms with E-state index >= 15 is 0 Å². The maximum atomic E-state index is 12.8. The number of hydrogen-bond acceptors (Lipinski definition) is 7. The molecule has 1 aliphatic rings. The number of nitrogens with one attached hydrogen (secondary N) is 1. The minimum absolute atomic E-state index is 0.147. The first kappa shape index (κ1) is 26.3. The maximum Gasteiger partial charge on any atom is 0.235 e. The highest BCUT2D eigenvalue weighted by atomic mass is 35.5. The Morgan fingerprint density at radius 2 is 2.19 bits per heavy atom. The van der Waals surface area contributed by atoms with Gasteiger partial charge in [0.1, 0.15) is 16.8 Å². The van der Waals surface area contributed by atoms with Crippen molar-refractivity contribution in [2.45, 2.75) is 63.8 Å². The zero-order valence-corrected chi connectivity index (χ0v) is 22.7. The van der Waals surface area contributed by atoms with Gasteiger partial charge in [-0.2, -0.15) is 5.26 Å². The molecule has 1 amide bonds. The summed E-state index contributed by atoms with van der Waals surface area (Å²) in [6.45, 7) is 8.17. The lowest BCUT2D eigenvalue weighted by Crippen LogP contribution is -2.15. The number of amides is 1. The highest BCUT2D eigenvalue weighted by Crippen LogP contribution is 2.37. The van der Waals surface area contributed by atoms with Crippen LogP contribution in [0.3, 0.4) is 0 Å². The summed E-state index contributed by atoms with van der Waals surface area (Å²) < 4.78 is 8.03. The highest BCUT2D eigenvalue weighted by Gasteiger charge is 2.23. The summed E-state index contributed by atoms with van der Waals surface area (Å²) >= 11 is 8.89. The van der Waals surface area contributed by atoms with Crippen molar-refractivity contribution in [3.05, 3.63) is 63.3 Å². The molecule has 4 rings (SSSR count). The molecular formula is C26H28ClN5O2S2. The molecule has 2 aromatic heterocycles. The average molecular weight is 542 g/mol. The number of anilines is 1. The van der Waals surface area contributed by atoms with E-state index in [-0.39, 0.29) is 17.8 Å². The number of ether oxygens (including phenoxy) is 1. The van der Waals surface area contributed by atoms with Gasteiger partial charge in [0.2, 0.25) is 5.91 Å². The summed E-state index contributed by atoms with van der Waals surface area (Å²) in [5, 5.41) is 23.2. The van der Waals surface area contributed by atoms with Crippen molar-refractivity contribution in [3.63, 3.8) is 0 Å². The monoisotopic (exact) mass is 541 g/mol. The van der Waals surface area contributed by atoms with Gasteiger partial charge in [0.25, 0.3) is 0 Å². The van der Waals surface area contributed by atoms with Crippen LogP contribution in [0.25, 0.3) is 0 Å². The van der Waals surface area contributed by atoms with E-state index in [0.29, 0.717) is 33.1 Å². The highest BCUT2D eigenvalue weighted by molar-refractivity contribution is 7.99. The van der Waals surface area contributed by atoms with E-state index in [9.17, 15) is 10.1 Å². The number of nitriles is 1. The number of benzene rings is 1. The number of halogens is 1. The zero-order chi connectivity index (χ0) is 25.7. The van der Waals surface area contributed by atoms with E-state index in [0.717, 1.165) is 42.6 Å². The van der Waals surface area contributed by atoms with E-state index < -0.39 is 0 Å². The topological polar surface area (TPSA) is 92.8 Å². The molecule has 188 valence electrons. The van der Waals surface area contributed by atoms with Gasteiger partial charge >= 0.3 is 0 Å². The fraction of sp³-hybridized carbons (Fsp3) is 0.385. The summed E-state index contributed by atoms with van der Waals surface area (Å²) in [5.74, 6) is 1.33. The fourth-order valence-corrected chi connectivity index (χ4v) is 6.48. The van der Waals surface area contributed by atoms with E-state index in [1.54, 1.807) is 12.1 Å². The number of carbonyl (C=O) groups is 1. The van der Waals surface area contributed by atoms with Crippen LogP contribution in [-0.4, -0.2) is 26.4 Å². The Labute approximate surface area is 224 Å². The van der Waals surface area contributed by atoms with Gasteiger partial charge in [0.15, 0.2) is 17.1 Å². The average Bonchev–Trinajstić information content (AvgIpc) is 3.31. The molecule has 2 heterocycles. The molecule has 1 atom stereocenters. The van der Waals surface area contributed by atoms with Gasteiger partial charge in [-0.25, -0.2) is 0 Å². The van der Waals surface area contributed by atoms with Gasteiger partial charge in [-0.1, -0.05) is 35.9 Å². The molecule has 1 aliphatic carbocycles. The second-order valence-electron chi connectivity index (χ2n) is 8.63. The Kier molecular flexibility index (Phi) is 8.72. The van der Waals surface area contributed by atoms with Crippen LogP contribution >= 0.6 is 34.7 Å². The Morgan fingerprint density at radius 3 is 2.94 bits per heavy atom. The lowest BCUT2D eigenvalue weighted by atomic mass is 10.1. The van der Waals surface area contributed by atoms with E-state index in [1.165, 1.54) is 34.4 Å². The smallest absolute Gasteiger partial charge is 0.235 e. The van der Waals surface area contributed by atoms with E-state index in [2.05, 4.69) is 28.2 Å². The van der Waals surface area contributed by atoms with Gasteiger partial charge in [-0.3, -0.25) is 9.36 Å². The number of hydrogen-bond donors (Lipinski definition) is 1. The number of nitrogens with zero attached hydrogens (tertiary/aromatic N) is 4. The SMILES string of the molecule is C=CCn1c(SCC(=O)Nc2sc3c(c2C#N)CCCCC3)nnc1C(C)Oc1ccc(Cl)cc1C. The van der Waals surface area contributed by atoms with Crippen LogP contribution in [0.2, 0.25) is 5.02 Å². The number of fused-ring (bicyclic) bond motifs is 1. The number of aromatic nitrogens is 3. The molecule has 0 radical (unpaired) electrons. The summed E-state index contributed by atoms with van der Waals surface area (Å²) in [5.41, 5.74) is 2.66. The molecule has 0 aliphatic heterocycles. The molecule has 36 heavy (non-hydrogen) atoms. The molecule has 0 saturated carbocycles. The molecule has 0 bridgehead atoms. The number of thioether (sulfide) groups is 1. The zero-order valence-electron chi connectivity index (χ0n) is 20.3. The second kappa shape index (κ2) is 12.0. The quantitative estimate of drug-likeness (QED) is 0.189. The minimum Gasteiger partial charge on any atom is -0.482 e. The minimum atomic E-state index is -0.375. The Morgan fingerprint density at radius 1 is 1.39 bits per heavy atom. The Hall–Kier alpha value is -2.80. The van der Waals surface area contributed by atoms with E-state index in [4.69, 9.17) is 16.3 Å². The largest absolute Gasteiger partial charge is 0.482 e. The van der Waals surface area contributed by atoms with Gasteiger partial charge in [0.05, 0.1) is 11.3 Å². The third-order valence-corrected chi connectivity index (χ3v) is 8.39. The van der Waals surface area contributed by atoms with Crippen LogP contribution in [0, 0.1) is 18.3 Å². The first-order valence-electron chi connectivity index (χ1n) is 11.8. The van der Waals surface area contributed by atoms with Gasteiger partial charge in [0, 0.05) is 16.4 Å². The van der Waals surface area contributed by atoms with Gasteiger partial charge in [-0.15, -0.1) is 28.1 Å². The first-order valence-corrected chi connectivity index (χ1v) is 14.0. The van der Waals surface area contributed by atoms with E-state index in [1.807, 2.05) is 30.5 Å². The molecular weight excluding hydrogens is 514 g/mol. The van der Waals surface area contributed by atoms with Crippen LogP contribution in [0.4, 0.5) is 5.00 Å². The number of aryl methyl sites for hydroxylation is 2. The van der Waals surface area contributed by atoms with Gasteiger partial charge in [-0.05, 0) is 68.9 Å². The van der Waals surface area contributed by atoms with Crippen LogP contribution in [0.5, 0.6) is 5.75 Å². The van der Waals surface area contributed by atoms with Crippen LogP contribution < -0.4 is 10.1 Å². The third kappa shape index (κ3) is 5.94. The molecule has 0 spiro atoms. The molecule has 1 N–H and O–H groups in total. The fourth-order valence-electron chi connectivity index (χ4n) is 4.24. The van der Waals surface area contributed by atoms with Crippen molar-refractivity contribution in [3.8, 4) is 11.8 Å². The van der Waals surface area contributed by atoms with Crippen molar-refractivity contribution in [1.29, 1.82) is 5.26 Å². The first-order chi connectivity index (χ1) is 17.4. The molecule has 0 saturated heterocycles. The van der Waals surface area contributed by atoms with Gasteiger partial charge < -0.3 is 10.1 Å². The van der Waals surface area contributed by atoms with Crippen molar-refractivity contribution in [2.24, 2.45) is 0 Å². The predicted octanol–water partition coefficient (Wildman–Crippen LogP) is 6.50. The summed E-state index contributed by atoms with van der Waals surface area (Å²) in [7, 11) is 0. The Bertz CT molecular complexity index is 1310. The molecule has 10 heteroatoms. The second-order valence-corrected chi connectivity index (χ2v) is 11.1. The number of thiophene rings is 1. The summed E-state index contributed by atoms with van der Waals surface area (Å²) in [4.78, 5) is 14.0. The summed E-state index contributed by atoms with van der Waals surface area (Å²) in [6.07, 6.45) is 6.66. The Balaban J connectivity index is 1.44. The van der Waals surface area contributed by atoms with Crippen LogP contribution in [0.1, 0.15) is 59.7 Å².